The minimum atomic E-state index is -0.681. The summed E-state index contributed by atoms with van der Waals surface area (Å²) in [6, 6.07) is 5.49. The summed E-state index contributed by atoms with van der Waals surface area (Å²) < 4.78 is 5.18. The summed E-state index contributed by atoms with van der Waals surface area (Å²) in [4.78, 5) is 0. The molecule has 2 nitrogen and oxygen atoms in total. The monoisotopic (exact) mass is 243 g/mol. The van der Waals surface area contributed by atoms with Crippen LogP contribution in [0.2, 0.25) is 10.0 Å². The number of hydrogen-bond acceptors (Lipinski definition) is 2. The number of nitriles is 1. The van der Waals surface area contributed by atoms with Crippen molar-refractivity contribution in [3.63, 3.8) is 0 Å². The van der Waals surface area contributed by atoms with Gasteiger partial charge < -0.3 is 4.74 Å². The lowest BCUT2D eigenvalue weighted by Crippen LogP contribution is -2.15. The zero-order valence-electron chi connectivity index (χ0n) is 8.77. The molecule has 0 unspecified atom stereocenters. The highest BCUT2D eigenvalue weighted by Crippen LogP contribution is 2.38. The van der Waals surface area contributed by atoms with Crippen molar-refractivity contribution in [2.24, 2.45) is 0 Å². The van der Waals surface area contributed by atoms with Gasteiger partial charge in [0.15, 0.2) is 0 Å². The van der Waals surface area contributed by atoms with Crippen molar-refractivity contribution in [1.82, 2.24) is 0 Å². The molecule has 4 heteroatoms. The normalized spacial score (nSPS) is 10.9. The van der Waals surface area contributed by atoms with Crippen LogP contribution < -0.4 is 4.74 Å². The van der Waals surface area contributed by atoms with Gasteiger partial charge in [0.05, 0.1) is 23.6 Å². The third kappa shape index (κ3) is 2.37. The molecule has 80 valence electrons. The quantitative estimate of drug-likeness (QED) is 0.792. The van der Waals surface area contributed by atoms with Crippen LogP contribution in [0.15, 0.2) is 12.1 Å². The Morgan fingerprint density at radius 1 is 1.33 bits per heavy atom. The molecule has 1 aromatic rings. The van der Waals surface area contributed by atoms with Crippen LogP contribution in [0.4, 0.5) is 0 Å². The van der Waals surface area contributed by atoms with E-state index in [1.165, 1.54) is 7.11 Å². The van der Waals surface area contributed by atoms with Crippen molar-refractivity contribution >= 4 is 23.2 Å². The van der Waals surface area contributed by atoms with Crippen molar-refractivity contribution in [1.29, 1.82) is 5.26 Å². The first-order valence-electron chi connectivity index (χ1n) is 4.37. The second-order valence-corrected chi connectivity index (χ2v) is 4.55. The summed E-state index contributed by atoms with van der Waals surface area (Å²) in [5, 5.41) is 9.98. The van der Waals surface area contributed by atoms with E-state index in [1.807, 2.05) is 0 Å². The zero-order chi connectivity index (χ0) is 11.6. The third-order valence-corrected chi connectivity index (χ3v) is 2.66. The fourth-order valence-corrected chi connectivity index (χ4v) is 1.86. The zero-order valence-corrected chi connectivity index (χ0v) is 10.3. The summed E-state index contributed by atoms with van der Waals surface area (Å²) in [5.74, 6) is 0.507. The molecule has 0 N–H and O–H groups in total. The average molecular weight is 244 g/mol. The van der Waals surface area contributed by atoms with Gasteiger partial charge in [-0.3, -0.25) is 0 Å². The van der Waals surface area contributed by atoms with Crippen LogP contribution >= 0.6 is 23.2 Å². The number of benzene rings is 1. The Morgan fingerprint density at radius 3 is 2.40 bits per heavy atom. The molecule has 0 saturated heterocycles. The molecule has 0 spiro atoms. The lowest BCUT2D eigenvalue weighted by molar-refractivity contribution is 0.403. The number of rotatable bonds is 2. The van der Waals surface area contributed by atoms with Crippen LogP contribution in [0.5, 0.6) is 5.75 Å². The molecule has 0 fully saturated rings. The molecule has 0 saturated carbocycles. The predicted molar refractivity (Wildman–Crippen MR) is 61.7 cm³/mol. The van der Waals surface area contributed by atoms with Gasteiger partial charge in [0.25, 0.3) is 0 Å². The van der Waals surface area contributed by atoms with Gasteiger partial charge in [0.2, 0.25) is 0 Å². The summed E-state index contributed by atoms with van der Waals surface area (Å²) in [6.45, 7) is 3.58. The second-order valence-electron chi connectivity index (χ2n) is 3.71. The Balaban J connectivity index is 3.47. The Bertz CT molecular complexity index is 421. The lowest BCUT2D eigenvalue weighted by atomic mass is 9.85. The summed E-state index contributed by atoms with van der Waals surface area (Å²) in [6.07, 6.45) is 0. The molecule has 0 heterocycles. The van der Waals surface area contributed by atoms with E-state index in [0.29, 0.717) is 21.4 Å². The van der Waals surface area contributed by atoms with Crippen molar-refractivity contribution in [3.05, 3.63) is 27.7 Å². The number of methoxy groups -OCH3 is 1. The van der Waals surface area contributed by atoms with Crippen LogP contribution in [0.25, 0.3) is 0 Å². The molecule has 0 aliphatic carbocycles. The molecular formula is C11H11Cl2NO. The van der Waals surface area contributed by atoms with Crippen molar-refractivity contribution in [2.45, 2.75) is 19.3 Å². The maximum atomic E-state index is 9.06. The first kappa shape index (κ1) is 12.2. The number of ether oxygens (including phenoxy) is 1. The fraction of sp³-hybridized carbons (Fsp3) is 0.364. The van der Waals surface area contributed by atoms with Crippen LogP contribution in [0.1, 0.15) is 19.4 Å². The van der Waals surface area contributed by atoms with Gasteiger partial charge >= 0.3 is 0 Å². The van der Waals surface area contributed by atoms with Crippen LogP contribution in [0.3, 0.4) is 0 Å². The first-order chi connectivity index (χ1) is 6.92. The molecule has 0 amide bonds. The first-order valence-corrected chi connectivity index (χ1v) is 5.12. The molecule has 0 aliphatic heterocycles. The maximum absolute atomic E-state index is 9.06. The van der Waals surface area contributed by atoms with Gasteiger partial charge in [-0.15, -0.1) is 0 Å². The number of nitrogens with zero attached hydrogens (tertiary/aromatic N) is 1. The van der Waals surface area contributed by atoms with Gasteiger partial charge in [-0.25, -0.2) is 0 Å². The van der Waals surface area contributed by atoms with E-state index >= 15 is 0 Å². The molecule has 15 heavy (non-hydrogen) atoms. The van der Waals surface area contributed by atoms with E-state index in [9.17, 15) is 0 Å². The Morgan fingerprint density at radius 2 is 1.93 bits per heavy atom. The van der Waals surface area contributed by atoms with Crippen molar-refractivity contribution < 1.29 is 4.74 Å². The molecule has 0 bridgehead atoms. The highest BCUT2D eigenvalue weighted by Gasteiger charge is 2.26. The van der Waals surface area contributed by atoms with Gasteiger partial charge in [-0.2, -0.15) is 5.26 Å². The molecule has 0 radical (unpaired) electrons. The molecule has 1 aromatic carbocycles. The summed E-state index contributed by atoms with van der Waals surface area (Å²) in [7, 11) is 1.52. The van der Waals surface area contributed by atoms with E-state index in [4.69, 9.17) is 33.2 Å². The second kappa shape index (κ2) is 4.30. The van der Waals surface area contributed by atoms with Gasteiger partial charge in [-0.05, 0) is 26.0 Å². The highest BCUT2D eigenvalue weighted by atomic mass is 35.5. The summed E-state index contributed by atoms with van der Waals surface area (Å²) >= 11 is 11.9. The van der Waals surface area contributed by atoms with Gasteiger partial charge in [0.1, 0.15) is 5.75 Å². The molecular weight excluding hydrogens is 233 g/mol. The minimum absolute atomic E-state index is 0.420. The van der Waals surface area contributed by atoms with E-state index < -0.39 is 5.41 Å². The third-order valence-electron chi connectivity index (χ3n) is 2.17. The highest BCUT2D eigenvalue weighted by molar-refractivity contribution is 6.35. The molecule has 0 aliphatic rings. The van der Waals surface area contributed by atoms with Crippen LogP contribution in [-0.2, 0) is 5.41 Å². The van der Waals surface area contributed by atoms with Gasteiger partial charge in [-0.1, -0.05) is 23.2 Å². The molecule has 0 atom stereocenters. The van der Waals surface area contributed by atoms with Crippen LogP contribution in [-0.4, -0.2) is 7.11 Å². The lowest BCUT2D eigenvalue weighted by Gasteiger charge is -2.20. The van der Waals surface area contributed by atoms with E-state index in [2.05, 4.69) is 6.07 Å². The topological polar surface area (TPSA) is 33.0 Å². The van der Waals surface area contributed by atoms with Crippen LogP contribution in [0, 0.1) is 11.3 Å². The Hall–Kier alpha value is -0.910. The smallest absolute Gasteiger partial charge is 0.142 e. The van der Waals surface area contributed by atoms with E-state index in [-0.39, 0.29) is 0 Å². The van der Waals surface area contributed by atoms with Crippen molar-refractivity contribution in [2.75, 3.05) is 7.11 Å². The largest absolute Gasteiger partial charge is 0.495 e. The standard InChI is InChI=1S/C11H11Cl2NO/c1-11(2,6-14)8-4-7(12)5-9(13)10(8)15-3/h4-5H,1-3H3. The fourth-order valence-electron chi connectivity index (χ4n) is 1.29. The Labute approximate surface area is 99.4 Å². The maximum Gasteiger partial charge on any atom is 0.142 e. The minimum Gasteiger partial charge on any atom is -0.495 e. The SMILES string of the molecule is COc1c(Cl)cc(Cl)cc1C(C)(C)C#N. The molecule has 1 rings (SSSR count). The van der Waals surface area contributed by atoms with E-state index in [0.717, 1.165) is 0 Å². The van der Waals surface area contributed by atoms with E-state index in [1.54, 1.807) is 26.0 Å². The Kier molecular flexibility index (Phi) is 3.49. The number of halogens is 2. The van der Waals surface area contributed by atoms with Gasteiger partial charge in [0, 0.05) is 10.6 Å². The molecule has 0 aromatic heterocycles. The summed E-state index contributed by atoms with van der Waals surface area (Å²) in [5.41, 5.74) is 0.0184. The average Bonchev–Trinajstić information content (AvgIpc) is 2.16. The van der Waals surface area contributed by atoms with Crippen molar-refractivity contribution in [3.8, 4) is 11.8 Å². The number of hydrogen-bond donors (Lipinski definition) is 0. The predicted octanol–water partition coefficient (Wildman–Crippen LogP) is 3.80.